The zero-order valence-electron chi connectivity index (χ0n) is 21.4. The lowest BCUT2D eigenvalue weighted by molar-refractivity contribution is -0.145. The monoisotopic (exact) mass is 537 g/mol. The molecule has 0 unspecified atom stereocenters. The van der Waals surface area contributed by atoms with Gasteiger partial charge in [-0.05, 0) is 55.3 Å². The van der Waals surface area contributed by atoms with Gasteiger partial charge in [-0.3, -0.25) is 19.4 Å². The first-order chi connectivity index (χ1) is 16.3. The SMILES string of the molecule is CCNCCNC(=O)CN(CC(=O)N(C)N1Cc2ccccc2C1)c1ccc(C(C)=O)cc1C.Cl.Cl. The van der Waals surface area contributed by atoms with Gasteiger partial charge < -0.3 is 15.5 Å². The van der Waals surface area contributed by atoms with E-state index in [9.17, 15) is 14.4 Å². The van der Waals surface area contributed by atoms with Gasteiger partial charge in [0, 0.05) is 44.5 Å². The highest BCUT2D eigenvalue weighted by Gasteiger charge is 2.27. The van der Waals surface area contributed by atoms with Gasteiger partial charge in [0.1, 0.15) is 0 Å². The minimum atomic E-state index is -0.156. The zero-order chi connectivity index (χ0) is 24.7. The van der Waals surface area contributed by atoms with E-state index >= 15 is 0 Å². The Labute approximate surface area is 226 Å². The number of halogens is 2. The third kappa shape index (κ3) is 8.20. The van der Waals surface area contributed by atoms with E-state index in [0.717, 1.165) is 17.8 Å². The predicted molar refractivity (Wildman–Crippen MR) is 148 cm³/mol. The van der Waals surface area contributed by atoms with Gasteiger partial charge in [-0.2, -0.15) is 0 Å². The summed E-state index contributed by atoms with van der Waals surface area (Å²) >= 11 is 0. The molecule has 2 aromatic carbocycles. The fraction of sp³-hybridized carbons (Fsp3) is 0.423. The van der Waals surface area contributed by atoms with Crippen molar-refractivity contribution in [3.8, 4) is 0 Å². The maximum Gasteiger partial charge on any atom is 0.256 e. The van der Waals surface area contributed by atoms with Gasteiger partial charge in [-0.25, -0.2) is 5.01 Å². The smallest absolute Gasteiger partial charge is 0.256 e. The molecule has 0 aromatic heterocycles. The Morgan fingerprint density at radius 1 is 0.972 bits per heavy atom. The van der Waals surface area contributed by atoms with Crippen molar-refractivity contribution in [2.24, 2.45) is 0 Å². The van der Waals surface area contributed by atoms with Crippen molar-refractivity contribution >= 4 is 48.1 Å². The molecule has 36 heavy (non-hydrogen) atoms. The van der Waals surface area contributed by atoms with Crippen molar-refractivity contribution < 1.29 is 14.4 Å². The molecule has 0 saturated heterocycles. The minimum Gasteiger partial charge on any atom is -0.353 e. The van der Waals surface area contributed by atoms with Gasteiger partial charge in [-0.1, -0.05) is 31.2 Å². The van der Waals surface area contributed by atoms with Crippen LogP contribution in [-0.2, 0) is 22.7 Å². The fourth-order valence-electron chi connectivity index (χ4n) is 4.10. The quantitative estimate of drug-likeness (QED) is 0.338. The molecule has 1 heterocycles. The number of carbonyl (C=O) groups excluding carboxylic acids is 3. The van der Waals surface area contributed by atoms with E-state index in [-0.39, 0.29) is 55.5 Å². The lowest BCUT2D eigenvalue weighted by atomic mass is 10.1. The highest BCUT2D eigenvalue weighted by atomic mass is 35.5. The summed E-state index contributed by atoms with van der Waals surface area (Å²) in [7, 11) is 1.77. The summed E-state index contributed by atoms with van der Waals surface area (Å²) in [5.41, 5.74) is 4.65. The molecule has 0 fully saturated rings. The number of Topliss-reactive ketones (excluding diaryl/α,β-unsaturated/α-hetero) is 1. The molecule has 0 spiro atoms. The summed E-state index contributed by atoms with van der Waals surface area (Å²) < 4.78 is 0. The van der Waals surface area contributed by atoms with Crippen molar-refractivity contribution in [1.29, 1.82) is 0 Å². The second-order valence-electron chi connectivity index (χ2n) is 8.63. The highest BCUT2D eigenvalue weighted by molar-refractivity contribution is 5.95. The molecule has 2 amide bonds. The summed E-state index contributed by atoms with van der Waals surface area (Å²) in [4.78, 5) is 39.5. The van der Waals surface area contributed by atoms with Crippen LogP contribution in [0.3, 0.4) is 0 Å². The molecule has 0 radical (unpaired) electrons. The van der Waals surface area contributed by atoms with Crippen LogP contribution in [0.4, 0.5) is 5.69 Å². The predicted octanol–water partition coefficient (Wildman–Crippen LogP) is 2.96. The molecule has 0 saturated carbocycles. The van der Waals surface area contributed by atoms with Gasteiger partial charge in [0.15, 0.2) is 5.78 Å². The van der Waals surface area contributed by atoms with Crippen LogP contribution in [0.1, 0.15) is 40.9 Å². The molecule has 10 heteroatoms. The van der Waals surface area contributed by atoms with Crippen molar-refractivity contribution in [2.75, 3.05) is 44.7 Å². The summed E-state index contributed by atoms with van der Waals surface area (Å²) in [6, 6.07) is 13.5. The van der Waals surface area contributed by atoms with Gasteiger partial charge in [0.05, 0.1) is 13.1 Å². The normalized spacial score (nSPS) is 12.1. The Morgan fingerprint density at radius 3 is 2.17 bits per heavy atom. The number of hydrogen-bond donors (Lipinski definition) is 2. The molecule has 2 N–H and O–H groups in total. The van der Waals surface area contributed by atoms with E-state index in [1.807, 2.05) is 37.1 Å². The molecular formula is C26H37Cl2N5O3. The molecule has 1 aliphatic heterocycles. The number of nitrogens with zero attached hydrogens (tertiary/aromatic N) is 3. The van der Waals surface area contributed by atoms with Gasteiger partial charge in [0.25, 0.3) is 5.91 Å². The maximum atomic E-state index is 13.3. The Morgan fingerprint density at radius 2 is 1.61 bits per heavy atom. The van der Waals surface area contributed by atoms with Crippen LogP contribution in [0.2, 0.25) is 0 Å². The average molecular weight is 539 g/mol. The third-order valence-corrected chi connectivity index (χ3v) is 6.09. The van der Waals surface area contributed by atoms with Crippen molar-refractivity contribution in [3.63, 3.8) is 0 Å². The molecule has 198 valence electrons. The topological polar surface area (TPSA) is 85.0 Å². The number of aryl methyl sites for hydroxylation is 1. The Balaban J connectivity index is 0.00000324. The van der Waals surface area contributed by atoms with Gasteiger partial charge in [0.2, 0.25) is 5.91 Å². The van der Waals surface area contributed by atoms with E-state index in [4.69, 9.17) is 0 Å². The third-order valence-electron chi connectivity index (χ3n) is 6.09. The first-order valence-electron chi connectivity index (χ1n) is 11.7. The van der Waals surface area contributed by atoms with Crippen molar-refractivity contribution in [3.05, 3.63) is 64.7 Å². The summed E-state index contributed by atoms with van der Waals surface area (Å²) in [5.74, 6) is -0.285. The Bertz CT molecular complexity index is 1020. The van der Waals surface area contributed by atoms with Crippen LogP contribution in [0.25, 0.3) is 0 Å². The lowest BCUT2D eigenvalue weighted by Gasteiger charge is -2.32. The van der Waals surface area contributed by atoms with Gasteiger partial charge >= 0.3 is 0 Å². The second kappa shape index (κ2) is 14.8. The Hall–Kier alpha value is -2.65. The van der Waals surface area contributed by atoms with E-state index in [1.165, 1.54) is 18.1 Å². The molecule has 0 aliphatic carbocycles. The van der Waals surface area contributed by atoms with Crippen LogP contribution < -0.4 is 15.5 Å². The number of nitrogens with one attached hydrogen (secondary N) is 2. The number of ketones is 1. The summed E-state index contributed by atoms with van der Waals surface area (Å²) in [6.45, 7) is 8.92. The van der Waals surface area contributed by atoms with E-state index in [0.29, 0.717) is 31.7 Å². The van der Waals surface area contributed by atoms with E-state index in [2.05, 4.69) is 22.8 Å². The number of carbonyl (C=O) groups is 3. The Kier molecular flexibility index (Phi) is 12.9. The molecule has 3 rings (SSSR count). The minimum absolute atomic E-state index is 0. The number of hydrazine groups is 1. The van der Waals surface area contributed by atoms with Crippen LogP contribution >= 0.6 is 24.8 Å². The summed E-state index contributed by atoms with van der Waals surface area (Å²) in [5, 5.41) is 9.73. The highest BCUT2D eigenvalue weighted by Crippen LogP contribution is 2.25. The molecule has 0 atom stereocenters. The molecular weight excluding hydrogens is 501 g/mol. The van der Waals surface area contributed by atoms with Crippen LogP contribution in [0.5, 0.6) is 0 Å². The fourth-order valence-corrected chi connectivity index (χ4v) is 4.10. The number of fused-ring (bicyclic) bond motifs is 1. The number of hydrogen-bond acceptors (Lipinski definition) is 6. The second-order valence-corrected chi connectivity index (χ2v) is 8.63. The molecule has 0 bridgehead atoms. The zero-order valence-corrected chi connectivity index (χ0v) is 23.0. The van der Waals surface area contributed by atoms with Gasteiger partial charge in [-0.15, -0.1) is 24.8 Å². The van der Waals surface area contributed by atoms with E-state index in [1.54, 1.807) is 29.1 Å². The largest absolute Gasteiger partial charge is 0.353 e. The molecule has 2 aromatic rings. The maximum absolute atomic E-state index is 13.3. The number of anilines is 1. The first kappa shape index (κ1) is 31.4. The number of amides is 2. The van der Waals surface area contributed by atoms with Crippen LogP contribution in [-0.4, -0.2) is 67.4 Å². The molecule has 8 nitrogen and oxygen atoms in total. The molecule has 1 aliphatic rings. The van der Waals surface area contributed by atoms with Crippen LogP contribution in [0, 0.1) is 6.92 Å². The number of benzene rings is 2. The standard InChI is InChI=1S/C26H35N5O3.2ClH/c1-5-27-12-13-28-25(33)17-30(24-11-10-21(20(3)32)14-19(24)2)18-26(34)29(4)31-15-22-8-6-7-9-23(22)16-31;;/h6-11,14,27H,5,12-13,15-18H2,1-4H3,(H,28,33);2*1H. The average Bonchev–Trinajstić information content (AvgIpc) is 3.25. The first-order valence-corrected chi connectivity index (χ1v) is 11.7. The summed E-state index contributed by atoms with van der Waals surface area (Å²) in [6.07, 6.45) is 0. The lowest BCUT2D eigenvalue weighted by Crippen LogP contribution is -2.48. The van der Waals surface area contributed by atoms with Crippen molar-refractivity contribution in [1.82, 2.24) is 20.7 Å². The number of likely N-dealkylation sites (N-methyl/N-ethyl adjacent to an activating group) is 2. The number of rotatable bonds is 11. The van der Waals surface area contributed by atoms with Crippen molar-refractivity contribution in [2.45, 2.75) is 33.9 Å². The van der Waals surface area contributed by atoms with Crippen LogP contribution in [0.15, 0.2) is 42.5 Å². The van der Waals surface area contributed by atoms with E-state index < -0.39 is 0 Å².